The van der Waals surface area contributed by atoms with Crippen LogP contribution in [0.3, 0.4) is 0 Å². The first kappa shape index (κ1) is 50.9. The zero-order chi connectivity index (χ0) is 47.6. The summed E-state index contributed by atoms with van der Waals surface area (Å²) in [6.07, 6.45) is -5.63. The van der Waals surface area contributed by atoms with Crippen molar-refractivity contribution in [3.8, 4) is 11.5 Å². The van der Waals surface area contributed by atoms with Crippen molar-refractivity contribution >= 4 is 68.0 Å². The fourth-order valence-electron chi connectivity index (χ4n) is 7.13. The number of hydrogen-bond donors (Lipinski definition) is 4. The minimum Gasteiger partial charge on any atom is -0.481 e. The van der Waals surface area contributed by atoms with Gasteiger partial charge in [0.2, 0.25) is 11.8 Å². The van der Waals surface area contributed by atoms with Crippen LogP contribution in [0.4, 0.5) is 36.3 Å². The number of rotatable bonds is 18. The molecule has 1 fully saturated rings. The summed E-state index contributed by atoms with van der Waals surface area (Å²) in [5.74, 6) is -4.54. The zero-order valence-corrected chi connectivity index (χ0v) is 36.7. The molecule has 1 saturated carbocycles. The van der Waals surface area contributed by atoms with Crippen LogP contribution in [0.25, 0.3) is 0 Å². The number of carbonyl (C=O) groups is 6. The quantitative estimate of drug-likeness (QED) is 0.0553. The molecule has 0 spiro atoms. The van der Waals surface area contributed by atoms with Crippen molar-refractivity contribution in [1.82, 2.24) is 0 Å². The largest absolute Gasteiger partial charge is 0.573 e. The number of aliphatic carboxylic acids is 2. The molecule has 2 heterocycles. The predicted octanol–water partition coefficient (Wildman–Crippen LogP) is 11.1. The van der Waals surface area contributed by atoms with Crippen LogP contribution in [-0.2, 0) is 32.0 Å². The van der Waals surface area contributed by atoms with Crippen molar-refractivity contribution in [2.75, 3.05) is 10.6 Å². The second-order valence-electron chi connectivity index (χ2n) is 15.9. The minimum atomic E-state index is -4.83. The first-order valence-electron chi connectivity index (χ1n) is 19.9. The number of carboxylic acids is 2. The van der Waals surface area contributed by atoms with Crippen LogP contribution >= 0.6 is 22.7 Å². The maximum absolute atomic E-state index is 13.0. The number of halogens is 6. The zero-order valence-electron chi connectivity index (χ0n) is 35.1. The molecule has 346 valence electrons. The third-order valence-electron chi connectivity index (χ3n) is 9.95. The summed E-state index contributed by atoms with van der Waals surface area (Å²) in [6.45, 7) is 7.09. The summed E-state index contributed by atoms with van der Waals surface area (Å²) in [5.41, 5.74) is -0.613. The van der Waals surface area contributed by atoms with E-state index in [9.17, 15) is 60.2 Å². The number of thiophene rings is 2. The standard InChI is InChI=1S/C23H24F3NO5S.C21H22F3NO5S/c1-2-16-11-17(20(31)14-5-7-15(8-6-14)32-23(24,25)26)21(33-16)27-18(28)12-22(13-19(29)30)9-3-4-10-22;1-4-14-9-15(18(29)12-5-7-13(8-6-12)30-21(22,23)24)19(31-14)25-16(26)10-20(2,3)11-17(27)28/h5-8,11H,2-4,9-10,12-13H2,1H3,(H,27,28)(H,29,30);5-9H,4,10-11H2,1-3H3,(H,25,26)(H,27,28). The van der Waals surface area contributed by atoms with Crippen molar-refractivity contribution in [3.63, 3.8) is 0 Å². The molecule has 0 radical (unpaired) electrons. The van der Waals surface area contributed by atoms with Crippen molar-refractivity contribution in [3.05, 3.63) is 92.7 Å². The number of ether oxygens (including phenoxy) is 2. The molecule has 2 amide bonds. The topological polar surface area (TPSA) is 185 Å². The van der Waals surface area contributed by atoms with Gasteiger partial charge in [-0.3, -0.25) is 28.8 Å². The molecule has 5 rings (SSSR count). The molecule has 0 bridgehead atoms. The number of ketones is 2. The van der Waals surface area contributed by atoms with Gasteiger partial charge < -0.3 is 30.3 Å². The average Bonchev–Trinajstić information content (AvgIpc) is 3.91. The Morgan fingerprint density at radius 2 is 1.03 bits per heavy atom. The second kappa shape index (κ2) is 21.3. The molecule has 20 heteroatoms. The number of benzene rings is 2. The van der Waals surface area contributed by atoms with Gasteiger partial charge in [-0.2, -0.15) is 0 Å². The Kier molecular flexibility index (Phi) is 16.9. The Balaban J connectivity index is 0.000000281. The van der Waals surface area contributed by atoms with Crippen LogP contribution in [-0.4, -0.2) is 58.3 Å². The van der Waals surface area contributed by atoms with Crippen molar-refractivity contribution in [2.24, 2.45) is 10.8 Å². The molecule has 2 aromatic heterocycles. The van der Waals surface area contributed by atoms with Crippen molar-refractivity contribution < 1.29 is 74.8 Å². The van der Waals surface area contributed by atoms with Crippen molar-refractivity contribution in [2.45, 2.75) is 105 Å². The Hall–Kier alpha value is -5.76. The molecular formula is C44H46F6N2O10S2. The van der Waals surface area contributed by atoms with Crippen LogP contribution in [0.1, 0.15) is 121 Å². The molecule has 0 saturated heterocycles. The second-order valence-corrected chi connectivity index (χ2v) is 18.2. The SMILES string of the molecule is CCc1cc(C(=O)c2ccc(OC(F)(F)F)cc2)c(NC(=O)CC(C)(C)CC(=O)O)s1.CCc1cc(C(=O)c2ccc(OC(F)(F)F)cc2)c(NC(=O)CC2(CC(=O)O)CCCC2)s1. The number of nitrogens with one attached hydrogen (secondary N) is 2. The Labute approximate surface area is 372 Å². The summed E-state index contributed by atoms with van der Waals surface area (Å²) in [6, 6.07) is 12.4. The number of amides is 2. The Morgan fingerprint density at radius 1 is 0.625 bits per heavy atom. The van der Waals surface area contributed by atoms with Gasteiger partial charge in [0, 0.05) is 33.7 Å². The molecule has 2 aromatic carbocycles. The Bertz CT molecular complexity index is 2310. The van der Waals surface area contributed by atoms with E-state index in [0.717, 1.165) is 46.9 Å². The van der Waals surface area contributed by atoms with Crippen LogP contribution in [0.2, 0.25) is 0 Å². The summed E-state index contributed by atoms with van der Waals surface area (Å²) >= 11 is 2.47. The normalized spacial score (nSPS) is 13.6. The first-order valence-corrected chi connectivity index (χ1v) is 21.5. The summed E-state index contributed by atoms with van der Waals surface area (Å²) in [4.78, 5) is 75.2. The van der Waals surface area contributed by atoms with E-state index in [4.69, 9.17) is 5.11 Å². The fraction of sp³-hybridized carbons (Fsp3) is 0.409. The van der Waals surface area contributed by atoms with E-state index in [0.29, 0.717) is 35.7 Å². The van der Waals surface area contributed by atoms with Gasteiger partial charge in [0.15, 0.2) is 11.6 Å². The van der Waals surface area contributed by atoms with Crippen LogP contribution in [0.15, 0.2) is 60.7 Å². The summed E-state index contributed by atoms with van der Waals surface area (Å²) < 4.78 is 81.7. The van der Waals surface area contributed by atoms with Gasteiger partial charge in [0.1, 0.15) is 21.5 Å². The van der Waals surface area contributed by atoms with Gasteiger partial charge in [-0.25, -0.2) is 0 Å². The fourth-order valence-corrected chi connectivity index (χ4v) is 9.15. The predicted molar refractivity (Wildman–Crippen MR) is 226 cm³/mol. The molecule has 0 aliphatic heterocycles. The van der Waals surface area contributed by atoms with Gasteiger partial charge in [-0.05, 0) is 97.2 Å². The number of alkyl halides is 6. The number of aryl methyl sites for hydroxylation is 2. The average molecular weight is 941 g/mol. The monoisotopic (exact) mass is 940 g/mol. The van der Waals surface area contributed by atoms with Gasteiger partial charge in [0.05, 0.1) is 24.0 Å². The number of anilines is 2. The van der Waals surface area contributed by atoms with Gasteiger partial charge in [-0.1, -0.05) is 40.5 Å². The molecule has 4 aromatic rings. The lowest BCUT2D eigenvalue weighted by Crippen LogP contribution is -2.27. The van der Waals surface area contributed by atoms with Crippen molar-refractivity contribution in [1.29, 1.82) is 0 Å². The molecule has 1 aliphatic rings. The van der Waals surface area contributed by atoms with E-state index < -0.39 is 64.5 Å². The molecule has 1 aliphatic carbocycles. The molecule has 64 heavy (non-hydrogen) atoms. The first-order chi connectivity index (χ1) is 29.8. The maximum Gasteiger partial charge on any atom is 0.573 e. The molecule has 0 atom stereocenters. The number of carboxylic acid groups (broad SMARTS) is 2. The number of hydrogen-bond acceptors (Lipinski definition) is 10. The van der Waals surface area contributed by atoms with E-state index >= 15 is 0 Å². The molecule has 12 nitrogen and oxygen atoms in total. The van der Waals surface area contributed by atoms with E-state index in [-0.39, 0.29) is 53.8 Å². The van der Waals surface area contributed by atoms with Gasteiger partial charge in [0.25, 0.3) is 0 Å². The lowest BCUT2D eigenvalue weighted by molar-refractivity contribution is -0.275. The highest BCUT2D eigenvalue weighted by atomic mass is 32.1. The molecule has 4 N–H and O–H groups in total. The highest BCUT2D eigenvalue weighted by Crippen LogP contribution is 2.45. The van der Waals surface area contributed by atoms with E-state index in [2.05, 4.69) is 20.1 Å². The lowest BCUT2D eigenvalue weighted by atomic mass is 9.79. The number of carbonyl (C=O) groups excluding carboxylic acids is 4. The smallest absolute Gasteiger partial charge is 0.481 e. The van der Waals surface area contributed by atoms with Crippen LogP contribution < -0.4 is 20.1 Å². The van der Waals surface area contributed by atoms with Crippen LogP contribution in [0.5, 0.6) is 11.5 Å². The van der Waals surface area contributed by atoms with Gasteiger partial charge >= 0.3 is 24.7 Å². The Morgan fingerprint density at radius 3 is 1.39 bits per heavy atom. The minimum absolute atomic E-state index is 0.0514. The molecular weight excluding hydrogens is 895 g/mol. The maximum atomic E-state index is 13.0. The summed E-state index contributed by atoms with van der Waals surface area (Å²) in [5, 5.41) is 24.3. The third-order valence-corrected chi connectivity index (χ3v) is 12.3. The lowest BCUT2D eigenvalue weighted by Gasteiger charge is -2.26. The highest BCUT2D eigenvalue weighted by molar-refractivity contribution is 7.17. The summed E-state index contributed by atoms with van der Waals surface area (Å²) in [7, 11) is 0. The van der Waals surface area contributed by atoms with E-state index in [1.54, 1.807) is 26.0 Å². The highest BCUT2D eigenvalue weighted by Gasteiger charge is 2.38. The van der Waals surface area contributed by atoms with Crippen LogP contribution in [0, 0.1) is 10.8 Å². The van der Waals surface area contributed by atoms with E-state index in [1.807, 2.05) is 13.8 Å². The molecule has 0 unspecified atom stereocenters. The van der Waals surface area contributed by atoms with E-state index in [1.165, 1.54) is 46.9 Å². The van der Waals surface area contributed by atoms with Gasteiger partial charge in [-0.15, -0.1) is 49.0 Å². The third kappa shape index (κ3) is 15.5.